The Bertz CT molecular complexity index is 359. The van der Waals surface area contributed by atoms with Crippen molar-refractivity contribution in [3.05, 3.63) is 5.01 Å². The Morgan fingerprint density at radius 1 is 1.28 bits per heavy atom. The summed E-state index contributed by atoms with van der Waals surface area (Å²) >= 11 is 3.77. The predicted molar refractivity (Wildman–Crippen MR) is 80.5 cm³/mol. The number of hydrogen-bond acceptors (Lipinski definition) is 6. The maximum absolute atomic E-state index is 4.27. The van der Waals surface area contributed by atoms with Crippen molar-refractivity contribution in [3.8, 4) is 0 Å². The van der Waals surface area contributed by atoms with Crippen LogP contribution in [0.25, 0.3) is 0 Å². The van der Waals surface area contributed by atoms with Crippen LogP contribution in [0.15, 0.2) is 0 Å². The first kappa shape index (κ1) is 14.1. The maximum Gasteiger partial charge on any atom is 0.205 e. The quantitative estimate of drug-likeness (QED) is 0.901. The number of thioether (sulfide) groups is 1. The van der Waals surface area contributed by atoms with Gasteiger partial charge in [-0.25, -0.2) is 0 Å². The minimum atomic E-state index is 0.722. The Morgan fingerprint density at radius 3 is 2.67 bits per heavy atom. The second-order valence-electron chi connectivity index (χ2n) is 4.88. The standard InChI is InChI=1S/C12H22N4S2/c1-4-5-13-12-15-14-11(18-12)8-16-6-9(2)17-10(3)7-16/h9-10H,4-8H2,1-3H3,(H,13,15). The summed E-state index contributed by atoms with van der Waals surface area (Å²) in [5.74, 6) is 0. The summed E-state index contributed by atoms with van der Waals surface area (Å²) in [6.45, 7) is 11.0. The summed E-state index contributed by atoms with van der Waals surface area (Å²) in [7, 11) is 0. The summed E-state index contributed by atoms with van der Waals surface area (Å²) in [5.41, 5.74) is 0. The van der Waals surface area contributed by atoms with Crippen LogP contribution < -0.4 is 5.32 Å². The summed E-state index contributed by atoms with van der Waals surface area (Å²) in [6.07, 6.45) is 1.12. The van der Waals surface area contributed by atoms with Crippen molar-refractivity contribution < 1.29 is 0 Å². The highest BCUT2D eigenvalue weighted by atomic mass is 32.2. The van der Waals surface area contributed by atoms with E-state index in [2.05, 4.69) is 52.9 Å². The van der Waals surface area contributed by atoms with Crippen molar-refractivity contribution >= 4 is 28.2 Å². The molecule has 0 radical (unpaired) electrons. The molecule has 1 aromatic rings. The third-order valence-corrected chi connectivity index (χ3v) is 4.94. The number of nitrogens with zero attached hydrogens (tertiary/aromatic N) is 3. The Hall–Kier alpha value is -0.330. The first-order chi connectivity index (χ1) is 8.67. The second-order valence-corrected chi connectivity index (χ2v) is 7.82. The van der Waals surface area contributed by atoms with Gasteiger partial charge < -0.3 is 5.32 Å². The normalized spacial score (nSPS) is 25.3. The molecule has 102 valence electrons. The lowest BCUT2D eigenvalue weighted by Gasteiger charge is -2.33. The highest BCUT2D eigenvalue weighted by molar-refractivity contribution is 8.00. The molecule has 2 heterocycles. The third-order valence-electron chi connectivity index (χ3n) is 2.85. The molecule has 0 amide bonds. The summed E-state index contributed by atoms with van der Waals surface area (Å²) in [5, 5.41) is 15.3. The lowest BCUT2D eigenvalue weighted by molar-refractivity contribution is 0.262. The molecule has 1 aliphatic heterocycles. The average molecular weight is 286 g/mol. The van der Waals surface area contributed by atoms with Crippen LogP contribution in [-0.2, 0) is 6.54 Å². The van der Waals surface area contributed by atoms with Crippen molar-refractivity contribution in [1.82, 2.24) is 15.1 Å². The first-order valence-corrected chi connectivity index (χ1v) is 8.37. The summed E-state index contributed by atoms with van der Waals surface area (Å²) in [6, 6.07) is 0. The van der Waals surface area contributed by atoms with Gasteiger partial charge in [0.25, 0.3) is 0 Å². The fraction of sp³-hybridized carbons (Fsp3) is 0.833. The van der Waals surface area contributed by atoms with Crippen molar-refractivity contribution in [2.75, 3.05) is 25.0 Å². The van der Waals surface area contributed by atoms with Crippen LogP contribution in [-0.4, -0.2) is 45.2 Å². The lowest BCUT2D eigenvalue weighted by atomic mass is 10.3. The van der Waals surface area contributed by atoms with Crippen LogP contribution in [0.4, 0.5) is 5.13 Å². The Kier molecular flexibility index (Phi) is 5.26. The van der Waals surface area contributed by atoms with Crippen LogP contribution in [0.3, 0.4) is 0 Å². The number of aromatic nitrogens is 2. The van der Waals surface area contributed by atoms with Gasteiger partial charge in [-0.1, -0.05) is 32.1 Å². The van der Waals surface area contributed by atoms with Gasteiger partial charge in [0.2, 0.25) is 5.13 Å². The van der Waals surface area contributed by atoms with Crippen molar-refractivity contribution in [2.24, 2.45) is 0 Å². The summed E-state index contributed by atoms with van der Waals surface area (Å²) in [4.78, 5) is 2.50. The number of anilines is 1. The van der Waals surface area contributed by atoms with Gasteiger partial charge in [-0.3, -0.25) is 4.90 Å². The molecule has 2 atom stereocenters. The van der Waals surface area contributed by atoms with E-state index < -0.39 is 0 Å². The Labute approximate surface area is 118 Å². The van der Waals surface area contributed by atoms with Gasteiger partial charge in [-0.05, 0) is 6.42 Å². The van der Waals surface area contributed by atoms with Gasteiger partial charge in [0.05, 0.1) is 6.54 Å². The molecule has 1 aliphatic rings. The molecule has 0 spiro atoms. The SMILES string of the molecule is CCCNc1nnc(CN2CC(C)SC(C)C2)s1. The van der Waals surface area contributed by atoms with Gasteiger partial charge in [0.15, 0.2) is 0 Å². The number of hydrogen-bond donors (Lipinski definition) is 1. The molecule has 2 rings (SSSR count). The highest BCUT2D eigenvalue weighted by Gasteiger charge is 2.23. The van der Waals surface area contributed by atoms with E-state index in [1.807, 2.05) is 0 Å². The van der Waals surface area contributed by atoms with Gasteiger partial charge in [0.1, 0.15) is 5.01 Å². The molecule has 1 aromatic heterocycles. The molecule has 1 saturated heterocycles. The molecule has 6 heteroatoms. The zero-order chi connectivity index (χ0) is 13.0. The van der Waals surface area contributed by atoms with E-state index in [1.54, 1.807) is 11.3 Å². The van der Waals surface area contributed by atoms with E-state index >= 15 is 0 Å². The van der Waals surface area contributed by atoms with Gasteiger partial charge in [-0.2, -0.15) is 11.8 Å². The van der Waals surface area contributed by atoms with Crippen molar-refractivity contribution in [2.45, 2.75) is 44.2 Å². The molecule has 0 saturated carbocycles. The molecule has 1 N–H and O–H groups in total. The Balaban J connectivity index is 1.86. The second kappa shape index (κ2) is 6.73. The zero-order valence-electron chi connectivity index (χ0n) is 11.3. The lowest BCUT2D eigenvalue weighted by Crippen LogP contribution is -2.39. The molecule has 0 bridgehead atoms. The largest absolute Gasteiger partial charge is 0.360 e. The Morgan fingerprint density at radius 2 is 2.00 bits per heavy atom. The van der Waals surface area contributed by atoms with E-state index in [0.29, 0.717) is 0 Å². The molecule has 0 aliphatic carbocycles. The van der Waals surface area contributed by atoms with Crippen LogP contribution in [0.1, 0.15) is 32.2 Å². The molecule has 2 unspecified atom stereocenters. The monoisotopic (exact) mass is 286 g/mol. The minimum absolute atomic E-state index is 0.722. The van der Waals surface area contributed by atoms with Gasteiger partial charge in [0, 0.05) is 30.1 Å². The molecule has 4 nitrogen and oxygen atoms in total. The van der Waals surface area contributed by atoms with E-state index in [-0.39, 0.29) is 0 Å². The summed E-state index contributed by atoms with van der Waals surface area (Å²) < 4.78 is 0. The minimum Gasteiger partial charge on any atom is -0.360 e. The highest BCUT2D eigenvalue weighted by Crippen LogP contribution is 2.26. The topological polar surface area (TPSA) is 41.1 Å². The van der Waals surface area contributed by atoms with Crippen LogP contribution >= 0.6 is 23.1 Å². The smallest absolute Gasteiger partial charge is 0.205 e. The van der Waals surface area contributed by atoms with E-state index in [4.69, 9.17) is 0 Å². The molecular weight excluding hydrogens is 264 g/mol. The fourth-order valence-electron chi connectivity index (χ4n) is 2.23. The molecule has 0 aromatic carbocycles. The van der Waals surface area contributed by atoms with Gasteiger partial charge >= 0.3 is 0 Å². The molecule has 18 heavy (non-hydrogen) atoms. The average Bonchev–Trinajstić information content (AvgIpc) is 2.72. The van der Waals surface area contributed by atoms with Crippen molar-refractivity contribution in [1.29, 1.82) is 0 Å². The number of nitrogens with one attached hydrogen (secondary N) is 1. The van der Waals surface area contributed by atoms with Crippen molar-refractivity contribution in [3.63, 3.8) is 0 Å². The van der Waals surface area contributed by atoms with Gasteiger partial charge in [-0.15, -0.1) is 10.2 Å². The van der Waals surface area contributed by atoms with E-state index in [0.717, 1.165) is 53.2 Å². The van der Waals surface area contributed by atoms with E-state index in [1.165, 1.54) is 0 Å². The molecular formula is C12H22N4S2. The number of rotatable bonds is 5. The first-order valence-electron chi connectivity index (χ1n) is 6.61. The van der Waals surface area contributed by atoms with Crippen LogP contribution in [0.2, 0.25) is 0 Å². The predicted octanol–water partition coefficient (Wildman–Crippen LogP) is 2.69. The van der Waals surface area contributed by atoms with Crippen LogP contribution in [0, 0.1) is 0 Å². The zero-order valence-corrected chi connectivity index (χ0v) is 13.0. The third kappa shape index (κ3) is 4.10. The van der Waals surface area contributed by atoms with Crippen LogP contribution in [0.5, 0.6) is 0 Å². The molecule has 1 fully saturated rings. The maximum atomic E-state index is 4.27. The van der Waals surface area contributed by atoms with E-state index in [9.17, 15) is 0 Å². The fourth-order valence-corrected chi connectivity index (χ4v) is 4.42.